The minimum absolute atomic E-state index is 0.0160. The van der Waals surface area contributed by atoms with E-state index in [0.29, 0.717) is 28.9 Å². The smallest absolute Gasteiger partial charge is 0.254 e. The molecule has 0 bridgehead atoms. The zero-order valence-electron chi connectivity index (χ0n) is 17.3. The summed E-state index contributed by atoms with van der Waals surface area (Å²) in [7, 11) is 5.11. The number of ether oxygens (including phenoxy) is 2. The number of amides is 1. The number of rotatable bonds is 4. The molecule has 0 N–H and O–H groups in total. The molecule has 2 atom stereocenters. The van der Waals surface area contributed by atoms with Gasteiger partial charge in [0.1, 0.15) is 17.8 Å². The number of anilines is 1. The average molecular weight is 408 g/mol. The number of likely N-dealkylation sites (tertiary alicyclic amines) is 1. The van der Waals surface area contributed by atoms with Crippen LogP contribution in [0.5, 0.6) is 11.5 Å². The Morgan fingerprint density at radius 3 is 2.27 bits per heavy atom. The number of imidazole rings is 1. The first-order chi connectivity index (χ1) is 14.6. The molecule has 156 valence electrons. The van der Waals surface area contributed by atoms with E-state index in [9.17, 15) is 4.79 Å². The third-order valence-corrected chi connectivity index (χ3v) is 6.15. The number of benzene rings is 1. The summed E-state index contributed by atoms with van der Waals surface area (Å²) in [5.74, 6) is 2.95. The minimum atomic E-state index is 0.0160. The van der Waals surface area contributed by atoms with Gasteiger partial charge >= 0.3 is 0 Å². The van der Waals surface area contributed by atoms with Gasteiger partial charge in [0.25, 0.3) is 5.91 Å². The molecule has 4 heterocycles. The lowest BCUT2D eigenvalue weighted by Gasteiger charge is -2.23. The summed E-state index contributed by atoms with van der Waals surface area (Å²) in [5.41, 5.74) is 2.26. The van der Waals surface area contributed by atoms with Gasteiger partial charge in [0, 0.05) is 56.7 Å². The second-order valence-electron chi connectivity index (χ2n) is 7.96. The molecule has 2 saturated heterocycles. The van der Waals surface area contributed by atoms with E-state index in [1.54, 1.807) is 45.1 Å². The van der Waals surface area contributed by atoms with Gasteiger partial charge in [-0.05, 0) is 12.1 Å². The topological polar surface area (TPSA) is 85.6 Å². The Morgan fingerprint density at radius 2 is 1.63 bits per heavy atom. The number of carbonyl (C=O) groups excluding carboxylic acids is 1. The number of aryl methyl sites for hydroxylation is 1. The van der Waals surface area contributed by atoms with Gasteiger partial charge in [-0.1, -0.05) is 0 Å². The Labute approximate surface area is 174 Å². The number of aromatic nitrogens is 4. The molecule has 0 saturated carbocycles. The van der Waals surface area contributed by atoms with Crippen LogP contribution in [0.4, 0.5) is 5.82 Å². The SMILES string of the molecule is COc1cc(OC)cc(C(=O)N2CC3CN(c4ncnc5c4ncn5C)CC3C2)c1. The molecule has 9 heteroatoms. The number of methoxy groups -OCH3 is 2. The highest BCUT2D eigenvalue weighted by atomic mass is 16.5. The van der Waals surface area contributed by atoms with E-state index in [2.05, 4.69) is 19.9 Å². The minimum Gasteiger partial charge on any atom is -0.497 e. The Morgan fingerprint density at radius 1 is 0.967 bits per heavy atom. The number of hydrogen-bond donors (Lipinski definition) is 0. The summed E-state index contributed by atoms with van der Waals surface area (Å²) in [4.78, 5) is 30.6. The van der Waals surface area contributed by atoms with Crippen molar-refractivity contribution in [2.24, 2.45) is 18.9 Å². The van der Waals surface area contributed by atoms with E-state index >= 15 is 0 Å². The van der Waals surface area contributed by atoms with Crippen molar-refractivity contribution in [1.82, 2.24) is 24.4 Å². The molecule has 9 nitrogen and oxygen atoms in total. The van der Waals surface area contributed by atoms with Crippen molar-refractivity contribution in [2.75, 3.05) is 45.3 Å². The van der Waals surface area contributed by atoms with E-state index in [4.69, 9.17) is 9.47 Å². The molecule has 0 aliphatic carbocycles. The van der Waals surface area contributed by atoms with Crippen LogP contribution in [-0.2, 0) is 7.05 Å². The molecule has 2 unspecified atom stereocenters. The fourth-order valence-corrected chi connectivity index (χ4v) is 4.61. The summed E-state index contributed by atoms with van der Waals surface area (Å²) < 4.78 is 12.5. The van der Waals surface area contributed by atoms with Gasteiger partial charge in [0.05, 0.1) is 20.5 Å². The van der Waals surface area contributed by atoms with Crippen molar-refractivity contribution in [1.29, 1.82) is 0 Å². The molecule has 3 aromatic rings. The number of hydrogen-bond acceptors (Lipinski definition) is 7. The van der Waals surface area contributed by atoms with Gasteiger partial charge in [-0.3, -0.25) is 4.79 Å². The van der Waals surface area contributed by atoms with Gasteiger partial charge in [0.15, 0.2) is 17.0 Å². The zero-order chi connectivity index (χ0) is 20.8. The second-order valence-corrected chi connectivity index (χ2v) is 7.96. The molecule has 2 aromatic heterocycles. The van der Waals surface area contributed by atoms with Gasteiger partial charge in [0.2, 0.25) is 0 Å². The van der Waals surface area contributed by atoms with E-state index in [1.165, 1.54) is 0 Å². The number of nitrogens with zero attached hydrogens (tertiary/aromatic N) is 6. The van der Waals surface area contributed by atoms with Crippen molar-refractivity contribution in [2.45, 2.75) is 0 Å². The van der Waals surface area contributed by atoms with E-state index in [-0.39, 0.29) is 5.91 Å². The molecule has 1 aromatic carbocycles. The highest BCUT2D eigenvalue weighted by Gasteiger charge is 2.42. The first-order valence-corrected chi connectivity index (χ1v) is 9.96. The molecule has 0 radical (unpaired) electrons. The molecular formula is C21H24N6O3. The Bertz CT molecular complexity index is 1080. The van der Waals surface area contributed by atoms with Crippen LogP contribution >= 0.6 is 0 Å². The van der Waals surface area contributed by atoms with Crippen LogP contribution in [0.3, 0.4) is 0 Å². The molecule has 1 amide bonds. The van der Waals surface area contributed by atoms with Crippen molar-refractivity contribution in [3.05, 3.63) is 36.4 Å². The monoisotopic (exact) mass is 408 g/mol. The largest absolute Gasteiger partial charge is 0.497 e. The van der Waals surface area contributed by atoms with Gasteiger partial charge in [-0.15, -0.1) is 0 Å². The van der Waals surface area contributed by atoms with Crippen molar-refractivity contribution in [3.63, 3.8) is 0 Å². The van der Waals surface area contributed by atoms with Gasteiger partial charge in [-0.25, -0.2) is 15.0 Å². The maximum atomic E-state index is 13.1. The fraction of sp³-hybridized carbons (Fsp3) is 0.429. The number of carbonyl (C=O) groups is 1. The molecular weight excluding hydrogens is 384 g/mol. The second kappa shape index (κ2) is 7.16. The summed E-state index contributed by atoms with van der Waals surface area (Å²) >= 11 is 0. The van der Waals surface area contributed by atoms with Crippen LogP contribution in [-0.4, -0.2) is 70.7 Å². The van der Waals surface area contributed by atoms with Gasteiger partial charge < -0.3 is 23.8 Å². The third-order valence-electron chi connectivity index (χ3n) is 6.15. The van der Waals surface area contributed by atoms with E-state index in [0.717, 1.165) is 43.2 Å². The van der Waals surface area contributed by atoms with Crippen LogP contribution in [0.15, 0.2) is 30.9 Å². The van der Waals surface area contributed by atoms with Crippen LogP contribution in [0.1, 0.15) is 10.4 Å². The Kier molecular flexibility index (Phi) is 4.45. The molecule has 2 fully saturated rings. The van der Waals surface area contributed by atoms with Crippen LogP contribution in [0, 0.1) is 11.8 Å². The average Bonchev–Trinajstić information content (AvgIpc) is 3.46. The third kappa shape index (κ3) is 3.01. The maximum Gasteiger partial charge on any atom is 0.254 e. The lowest BCUT2D eigenvalue weighted by molar-refractivity contribution is 0.0782. The molecule has 0 spiro atoms. The van der Waals surface area contributed by atoms with Crippen molar-refractivity contribution >= 4 is 22.9 Å². The predicted octanol–water partition coefficient (Wildman–Crippen LogP) is 1.59. The maximum absolute atomic E-state index is 13.1. The highest BCUT2D eigenvalue weighted by Crippen LogP contribution is 2.36. The first kappa shape index (κ1) is 18.7. The molecule has 2 aliphatic heterocycles. The molecule has 30 heavy (non-hydrogen) atoms. The Hall–Kier alpha value is -3.36. The summed E-state index contributed by atoms with van der Waals surface area (Å²) in [6.07, 6.45) is 3.36. The summed E-state index contributed by atoms with van der Waals surface area (Å²) in [5, 5.41) is 0. The van der Waals surface area contributed by atoms with Crippen LogP contribution in [0.25, 0.3) is 11.2 Å². The molecule has 5 rings (SSSR count). The van der Waals surface area contributed by atoms with E-state index < -0.39 is 0 Å². The van der Waals surface area contributed by atoms with Crippen molar-refractivity contribution < 1.29 is 14.3 Å². The Balaban J connectivity index is 1.32. The van der Waals surface area contributed by atoms with Crippen molar-refractivity contribution in [3.8, 4) is 11.5 Å². The summed E-state index contributed by atoms with van der Waals surface area (Å²) in [6.45, 7) is 3.18. The molecule has 2 aliphatic rings. The summed E-state index contributed by atoms with van der Waals surface area (Å²) in [6, 6.07) is 5.31. The lowest BCUT2D eigenvalue weighted by atomic mass is 10.0. The first-order valence-electron chi connectivity index (χ1n) is 9.96. The predicted molar refractivity (Wildman–Crippen MR) is 111 cm³/mol. The normalized spacial score (nSPS) is 20.6. The fourth-order valence-electron chi connectivity index (χ4n) is 4.61. The highest BCUT2D eigenvalue weighted by molar-refractivity contribution is 5.95. The number of fused-ring (bicyclic) bond motifs is 2. The van der Waals surface area contributed by atoms with Crippen LogP contribution in [0.2, 0.25) is 0 Å². The van der Waals surface area contributed by atoms with Crippen LogP contribution < -0.4 is 14.4 Å². The zero-order valence-corrected chi connectivity index (χ0v) is 17.3. The quantitative estimate of drug-likeness (QED) is 0.648. The lowest BCUT2D eigenvalue weighted by Crippen LogP contribution is -2.33. The van der Waals surface area contributed by atoms with Gasteiger partial charge in [-0.2, -0.15) is 0 Å². The van der Waals surface area contributed by atoms with E-state index in [1.807, 2.05) is 16.5 Å². The standard InChI is InChI=1S/C21H24N6O3/c1-25-12-24-18-19(25)22-11-23-20(18)26-7-14-9-27(10-15(14)8-26)21(28)13-4-16(29-2)6-17(5-13)30-3/h4-6,11-12,14-15H,7-10H2,1-3H3.